The Hall–Kier alpha value is -8.09. The number of carbonyl (C=O) groups is 4. The van der Waals surface area contributed by atoms with E-state index in [9.17, 15) is 24.0 Å². The van der Waals surface area contributed by atoms with Crippen molar-refractivity contribution in [1.29, 1.82) is 0 Å². The average molecular weight is 825 g/mol. The number of hydrogen-bond donors (Lipinski definition) is 7. The highest BCUT2D eigenvalue weighted by atomic mass is 27.0. The molecule has 0 bridgehead atoms. The number of aliphatic imine (C=N–C) groups is 4. The van der Waals surface area contributed by atoms with Crippen molar-refractivity contribution in [1.82, 2.24) is 44.3 Å². The smallest absolute Gasteiger partial charge is 0.434 e. The number of primary amides is 4. The van der Waals surface area contributed by atoms with Crippen molar-refractivity contribution in [3.05, 3.63) is 57.6 Å². The number of nitrogens with two attached hydrogens (primary N) is 5. The quantitative estimate of drug-likeness (QED) is 0.0583. The van der Waals surface area contributed by atoms with E-state index in [1.165, 1.54) is 38.6 Å². The molecular formula is C27H41AlN24O6. The molecule has 31 heteroatoms. The number of nitrogens with one attached hydrogen (secondary N) is 2. The molecule has 6 heterocycles. The molecule has 0 saturated heterocycles. The second-order valence-electron chi connectivity index (χ2n) is 8.69. The number of imidazole rings is 3. The van der Waals surface area contributed by atoms with Crippen LogP contribution in [0, 0.1) is 0 Å². The third-order valence-corrected chi connectivity index (χ3v) is 5.28. The van der Waals surface area contributed by atoms with Crippen molar-refractivity contribution in [3.63, 3.8) is 0 Å². The molecule has 4 aromatic rings. The predicted octanol–water partition coefficient (Wildman–Crippen LogP) is -3.02. The van der Waals surface area contributed by atoms with Crippen LogP contribution in [0.3, 0.4) is 0 Å². The molecular weight excluding hydrogens is 783 g/mol. The summed E-state index contributed by atoms with van der Waals surface area (Å²) in [6, 6.07) is 0. The van der Waals surface area contributed by atoms with Crippen LogP contribution in [-0.4, -0.2) is 142 Å². The van der Waals surface area contributed by atoms with Crippen molar-refractivity contribution in [2.45, 2.75) is 34.0 Å². The highest BCUT2D eigenvalue weighted by Crippen LogP contribution is 2.12. The lowest BCUT2D eigenvalue weighted by molar-refractivity contribution is -0.111. The average Bonchev–Trinajstić information content (AvgIpc) is 4.05. The van der Waals surface area contributed by atoms with Gasteiger partial charge in [-0.2, -0.15) is 14.8 Å². The highest BCUT2D eigenvalue weighted by Gasteiger charge is 2.26. The molecule has 30 nitrogen and oxygen atoms in total. The Bertz CT molecular complexity index is 2270. The fourth-order valence-electron chi connectivity index (χ4n) is 3.02. The minimum absolute atomic E-state index is 0. The highest BCUT2D eigenvalue weighted by molar-refractivity contribution is 6.67. The van der Waals surface area contributed by atoms with Crippen molar-refractivity contribution in [2.75, 3.05) is 12.3 Å². The number of nitrogens with zero attached hydrogens (tertiary/aromatic N) is 17. The van der Waals surface area contributed by atoms with Gasteiger partial charge in [-0.15, -0.1) is 16.0 Å². The molecule has 6 rings (SSSR count). The lowest BCUT2D eigenvalue weighted by atomic mass is 10.3. The summed E-state index contributed by atoms with van der Waals surface area (Å²) in [6.07, 6.45) is 7.62. The van der Waals surface area contributed by atoms with Gasteiger partial charge in [-0.1, -0.05) is 26.5 Å². The number of fused-ring (bicyclic) bond motifs is 1. The molecule has 0 saturated carbocycles. The maximum atomic E-state index is 11.4. The number of aryl methyl sites for hydroxylation is 1. The van der Waals surface area contributed by atoms with E-state index in [0.717, 1.165) is 15.4 Å². The number of nitrogen functional groups attached to an aromatic ring is 1. The third kappa shape index (κ3) is 16.9. The fourth-order valence-corrected chi connectivity index (χ4v) is 3.02. The van der Waals surface area contributed by atoms with Gasteiger partial charge in [0.05, 0.1) is 19.2 Å². The summed E-state index contributed by atoms with van der Waals surface area (Å²) in [7, 11) is 1.44. The zero-order chi connectivity index (χ0) is 42.8. The summed E-state index contributed by atoms with van der Waals surface area (Å²) in [5.41, 5.74) is 40.9. The molecule has 2 aliphatic rings. The lowest BCUT2D eigenvalue weighted by Gasteiger charge is -1.95. The van der Waals surface area contributed by atoms with Crippen LogP contribution in [0.25, 0.3) is 16.7 Å². The number of aromatic amines is 2. The van der Waals surface area contributed by atoms with Gasteiger partial charge in [0, 0.05) is 7.05 Å². The van der Waals surface area contributed by atoms with Crippen molar-refractivity contribution in [2.24, 2.45) is 60.2 Å². The Kier molecular flexibility index (Phi) is 27.4. The molecule has 0 atom stereocenters. The first kappa shape index (κ1) is 54.3. The zero-order valence-electron chi connectivity index (χ0n) is 30.8. The van der Waals surface area contributed by atoms with E-state index < -0.39 is 29.3 Å². The standard InChI is InChI=1S/C6H6N6O2.C6H9N5O.C4H3N5O.C4H6N4O.C3H2N4.C2H6.CH4.CH3.Al.H2O/c1-11-6(14)12-2-8-3(4(7)13)5(12)9-10-11;1-2-10-11-6-4(5(7)12)8-3-9-6;5-3(10)2-4(9-6)8-1-7-2;5-3-2(4(6)9)7-1-8-3;4-7-3-1-5-2-6-3;1-2;;;;/h2H,1H3,(H2,7,13);3H,2H2,1H3,(H2,7,12)(H,8,9);1H,(H2,5,10);1H,5H2,(H2,6,9)(H,7,8);1-2H;1-2H3;1H4;1H3;;1H2. The van der Waals surface area contributed by atoms with E-state index in [-0.39, 0.29) is 64.7 Å². The first-order chi connectivity index (χ1) is 26.8. The number of anilines is 1. The monoisotopic (exact) mass is 824 g/mol. The molecule has 0 aliphatic carbocycles. The number of azo groups is 1. The molecule has 0 spiro atoms. The summed E-state index contributed by atoms with van der Waals surface area (Å²) in [4.78, 5) is 89.1. The minimum atomic E-state index is -0.759. The van der Waals surface area contributed by atoms with E-state index in [4.69, 9.17) is 39.7 Å². The number of carbonyl (C=O) groups excluding carboxylic acids is 4. The molecule has 0 aromatic carbocycles. The number of hydrogen-bond acceptors (Lipinski definition) is 15. The van der Waals surface area contributed by atoms with Crippen molar-refractivity contribution < 1.29 is 34.2 Å². The normalized spacial score (nSPS) is 10.8. The minimum Gasteiger partial charge on any atom is -0.497 e. The SMILES string of the molecule is C.CC.CCN=Nc1nc[nH]c1C(N)=O.Cn1nnc2c(C(N)=O)ncn2c1=O.NC(=O)c1[nH]cnc1N.O.[CH3][Al].[N-]=[N+]=C1C=NC=N1.[N-]=[N+]=C1N=CN=C1C(N)=O. The molecule has 58 heavy (non-hydrogen) atoms. The first-order valence-electron chi connectivity index (χ1n) is 15.1. The van der Waals surface area contributed by atoms with Gasteiger partial charge < -0.3 is 64.8 Å². The van der Waals surface area contributed by atoms with Gasteiger partial charge in [0.2, 0.25) is 24.2 Å². The van der Waals surface area contributed by atoms with Crippen LogP contribution in [0.2, 0.25) is 5.79 Å². The van der Waals surface area contributed by atoms with E-state index in [1.807, 2.05) is 26.6 Å². The summed E-state index contributed by atoms with van der Waals surface area (Å²) in [5.74, 6) is -0.276. The van der Waals surface area contributed by atoms with Gasteiger partial charge in [-0.3, -0.25) is 19.2 Å². The van der Waals surface area contributed by atoms with Crippen LogP contribution in [0.15, 0.2) is 54.0 Å². The Morgan fingerprint density at radius 3 is 1.91 bits per heavy atom. The fraction of sp³-hybridized carbons (Fsp3) is 0.259. The Morgan fingerprint density at radius 2 is 1.50 bits per heavy atom. The van der Waals surface area contributed by atoms with Gasteiger partial charge >= 0.3 is 17.4 Å². The molecule has 0 fully saturated rings. The topological polar surface area (TPSA) is 499 Å². The van der Waals surface area contributed by atoms with Gasteiger partial charge in [-0.25, -0.2) is 29.1 Å². The number of rotatable bonds is 6. The van der Waals surface area contributed by atoms with E-state index >= 15 is 0 Å². The van der Waals surface area contributed by atoms with Crippen LogP contribution >= 0.6 is 0 Å². The number of H-pyrrole nitrogens is 2. The number of amidine groups is 2. The first-order valence-corrected chi connectivity index (χ1v) is 16.3. The second kappa shape index (κ2) is 29.3. The van der Waals surface area contributed by atoms with Crippen LogP contribution in [0.5, 0.6) is 0 Å². The van der Waals surface area contributed by atoms with E-state index in [0.29, 0.717) is 6.54 Å². The molecule has 4 aromatic heterocycles. The molecule has 14 N–H and O–H groups in total. The molecule has 0 unspecified atom stereocenters. The zero-order valence-corrected chi connectivity index (χ0v) is 31.9. The molecule has 308 valence electrons. The Balaban J connectivity index is -0.000000642. The summed E-state index contributed by atoms with van der Waals surface area (Å²) >= 11 is 2.42. The summed E-state index contributed by atoms with van der Waals surface area (Å²) in [6.45, 7) is 6.38. The van der Waals surface area contributed by atoms with Gasteiger partial charge in [0.1, 0.15) is 34.5 Å². The maximum absolute atomic E-state index is 11.4. The van der Waals surface area contributed by atoms with Gasteiger partial charge in [0.25, 0.3) is 23.6 Å². The Morgan fingerprint density at radius 1 is 0.897 bits per heavy atom. The van der Waals surface area contributed by atoms with Crippen LogP contribution in [0.1, 0.15) is 59.7 Å². The molecule has 4 amide bonds. The third-order valence-electron chi connectivity index (χ3n) is 5.28. The lowest BCUT2D eigenvalue weighted by Crippen LogP contribution is -2.28. The van der Waals surface area contributed by atoms with E-state index in [1.54, 1.807) is 0 Å². The van der Waals surface area contributed by atoms with Crippen LogP contribution in [-0.2, 0) is 11.8 Å². The number of aromatic nitrogens is 9. The van der Waals surface area contributed by atoms with Crippen LogP contribution in [0.4, 0.5) is 11.6 Å². The molecule has 2 aliphatic heterocycles. The van der Waals surface area contributed by atoms with E-state index in [2.05, 4.69) is 91.3 Å². The maximum Gasteiger partial charge on any atom is 0.434 e. The summed E-state index contributed by atoms with van der Waals surface area (Å²) < 4.78 is 2.13. The van der Waals surface area contributed by atoms with Crippen molar-refractivity contribution in [3.8, 4) is 0 Å². The second-order valence-corrected chi connectivity index (χ2v) is 8.69. The molecule has 2 radical (unpaired) electrons. The predicted molar refractivity (Wildman–Crippen MR) is 211 cm³/mol. The van der Waals surface area contributed by atoms with Crippen LogP contribution < -0.4 is 34.4 Å². The largest absolute Gasteiger partial charge is 0.497 e. The number of amides is 4. The summed E-state index contributed by atoms with van der Waals surface area (Å²) in [5, 5.41) is 14.5. The van der Waals surface area contributed by atoms with Gasteiger partial charge in [0.15, 0.2) is 22.9 Å². The van der Waals surface area contributed by atoms with Gasteiger partial charge in [-0.05, 0) is 16.9 Å². The Labute approximate surface area is 335 Å². The van der Waals surface area contributed by atoms with Crippen molar-refractivity contribution >= 4 is 93.5 Å².